The predicted octanol–water partition coefficient (Wildman–Crippen LogP) is 2.34. The van der Waals surface area contributed by atoms with Crippen LogP contribution in [0.3, 0.4) is 0 Å². The summed E-state index contributed by atoms with van der Waals surface area (Å²) in [6.45, 7) is 0. The number of piperidine rings is 1. The summed E-state index contributed by atoms with van der Waals surface area (Å²) in [4.78, 5) is 14.2. The highest BCUT2D eigenvalue weighted by molar-refractivity contribution is 5.81. The van der Waals surface area contributed by atoms with Crippen molar-refractivity contribution >= 4 is 5.78 Å². The quantitative estimate of drug-likeness (QED) is 0.662. The average molecular weight is 215 g/mol. The summed E-state index contributed by atoms with van der Waals surface area (Å²) in [5.74, 6) is 0.435. The van der Waals surface area contributed by atoms with Crippen LogP contribution in [0.15, 0.2) is 24.3 Å². The second-order valence-electron chi connectivity index (χ2n) is 5.02. The molecule has 2 atom stereocenters. The fraction of sp³-hybridized carbons (Fsp3) is 0.500. The highest BCUT2D eigenvalue weighted by atomic mass is 16.1. The minimum atomic E-state index is 0.324. The number of carbonyl (C=O) groups is 1. The monoisotopic (exact) mass is 215 g/mol. The highest BCUT2D eigenvalue weighted by Gasteiger charge is 2.35. The molecule has 3 rings (SSSR count). The first-order chi connectivity index (χ1) is 7.75. The number of ketones is 1. The van der Waals surface area contributed by atoms with Gasteiger partial charge in [0.2, 0.25) is 0 Å². The first-order valence-electron chi connectivity index (χ1n) is 6.07. The molecule has 1 fully saturated rings. The van der Waals surface area contributed by atoms with Gasteiger partial charge < -0.3 is 0 Å². The van der Waals surface area contributed by atoms with Crippen molar-refractivity contribution in [1.82, 2.24) is 4.90 Å². The van der Waals surface area contributed by atoms with Gasteiger partial charge in [-0.1, -0.05) is 24.3 Å². The first kappa shape index (κ1) is 10.0. The van der Waals surface area contributed by atoms with Crippen LogP contribution < -0.4 is 0 Å². The molecule has 84 valence electrons. The van der Waals surface area contributed by atoms with E-state index in [0.717, 1.165) is 19.3 Å². The van der Waals surface area contributed by atoms with Crippen molar-refractivity contribution in [2.24, 2.45) is 0 Å². The van der Waals surface area contributed by atoms with E-state index in [-0.39, 0.29) is 0 Å². The number of fused-ring (bicyclic) bond motifs is 4. The number of hydrogen-bond acceptors (Lipinski definition) is 2. The third-order valence-electron chi connectivity index (χ3n) is 4.11. The molecule has 2 nitrogen and oxygen atoms in total. The van der Waals surface area contributed by atoms with E-state index in [1.165, 1.54) is 11.1 Å². The molecule has 1 saturated heterocycles. The van der Waals surface area contributed by atoms with Crippen LogP contribution in [0.5, 0.6) is 0 Å². The molecule has 1 aromatic carbocycles. The lowest BCUT2D eigenvalue weighted by Gasteiger charge is -2.37. The molecule has 0 saturated carbocycles. The molecule has 2 aliphatic heterocycles. The Morgan fingerprint density at radius 3 is 2.94 bits per heavy atom. The second-order valence-corrected chi connectivity index (χ2v) is 5.02. The lowest BCUT2D eigenvalue weighted by Crippen LogP contribution is -2.41. The lowest BCUT2D eigenvalue weighted by molar-refractivity contribution is -0.124. The van der Waals surface area contributed by atoms with Gasteiger partial charge in [0.15, 0.2) is 0 Å². The average Bonchev–Trinajstić information content (AvgIpc) is 2.37. The summed E-state index contributed by atoms with van der Waals surface area (Å²) in [7, 11) is 2.17. The van der Waals surface area contributed by atoms with E-state index in [1.807, 2.05) is 0 Å². The smallest absolute Gasteiger partial charge is 0.136 e. The van der Waals surface area contributed by atoms with E-state index in [0.29, 0.717) is 24.3 Å². The van der Waals surface area contributed by atoms with Crippen molar-refractivity contribution in [2.75, 3.05) is 7.05 Å². The van der Waals surface area contributed by atoms with Crippen LogP contribution in [-0.2, 0) is 11.2 Å². The standard InChI is InChI=1S/C14H17NO/c1-15-11-7-6-10-4-2-3-5-13(10)14(15)9-12(16)8-11/h2-5,11,14H,6-9H2,1H3. The molecular weight excluding hydrogens is 198 g/mol. The minimum Gasteiger partial charge on any atom is -0.300 e. The van der Waals surface area contributed by atoms with Gasteiger partial charge in [-0.05, 0) is 31.0 Å². The maximum atomic E-state index is 11.8. The number of carbonyl (C=O) groups excluding carboxylic acids is 1. The Morgan fingerprint density at radius 2 is 2.06 bits per heavy atom. The summed E-state index contributed by atoms with van der Waals surface area (Å²) in [6.07, 6.45) is 3.69. The molecular formula is C14H17NO. The molecule has 0 aromatic heterocycles. The molecule has 16 heavy (non-hydrogen) atoms. The molecule has 2 heteroatoms. The van der Waals surface area contributed by atoms with Gasteiger partial charge in [-0.15, -0.1) is 0 Å². The van der Waals surface area contributed by atoms with Gasteiger partial charge >= 0.3 is 0 Å². The Labute approximate surface area is 96.3 Å². The zero-order chi connectivity index (χ0) is 11.1. The summed E-state index contributed by atoms with van der Waals surface area (Å²) in [5, 5.41) is 0. The van der Waals surface area contributed by atoms with E-state index >= 15 is 0 Å². The van der Waals surface area contributed by atoms with Gasteiger partial charge in [-0.25, -0.2) is 0 Å². The fourth-order valence-corrected chi connectivity index (χ4v) is 3.15. The SMILES string of the molecule is CN1C2CCc3ccccc3C1CC(=O)C2. The molecule has 2 aliphatic rings. The van der Waals surface area contributed by atoms with Gasteiger partial charge in [-0.3, -0.25) is 9.69 Å². The van der Waals surface area contributed by atoms with Crippen molar-refractivity contribution in [2.45, 2.75) is 37.8 Å². The normalized spacial score (nSPS) is 29.7. The summed E-state index contributed by atoms with van der Waals surface area (Å²) < 4.78 is 0. The number of nitrogens with zero attached hydrogens (tertiary/aromatic N) is 1. The Kier molecular flexibility index (Phi) is 2.32. The van der Waals surface area contributed by atoms with Crippen LogP contribution in [0, 0.1) is 0 Å². The molecule has 0 radical (unpaired) electrons. The maximum Gasteiger partial charge on any atom is 0.136 e. The van der Waals surface area contributed by atoms with Crippen LogP contribution in [0.1, 0.15) is 36.4 Å². The van der Waals surface area contributed by atoms with Gasteiger partial charge in [0.1, 0.15) is 5.78 Å². The van der Waals surface area contributed by atoms with Gasteiger partial charge in [-0.2, -0.15) is 0 Å². The molecule has 2 unspecified atom stereocenters. The van der Waals surface area contributed by atoms with Crippen molar-refractivity contribution < 1.29 is 4.79 Å². The zero-order valence-corrected chi connectivity index (χ0v) is 9.65. The lowest BCUT2D eigenvalue weighted by atomic mass is 9.91. The van der Waals surface area contributed by atoms with Crippen LogP contribution >= 0.6 is 0 Å². The molecule has 0 aliphatic carbocycles. The van der Waals surface area contributed by atoms with E-state index < -0.39 is 0 Å². The third kappa shape index (κ3) is 1.49. The Bertz CT molecular complexity index is 426. The predicted molar refractivity (Wildman–Crippen MR) is 63.3 cm³/mol. The Hall–Kier alpha value is -1.15. The summed E-state index contributed by atoms with van der Waals surface area (Å²) >= 11 is 0. The molecule has 0 N–H and O–H groups in total. The number of rotatable bonds is 0. The minimum absolute atomic E-state index is 0.324. The number of benzene rings is 1. The number of Topliss-reactive ketones (excluding diaryl/α,β-unsaturated/α-hetero) is 1. The first-order valence-corrected chi connectivity index (χ1v) is 6.07. The van der Waals surface area contributed by atoms with Gasteiger partial charge in [0.05, 0.1) is 0 Å². The van der Waals surface area contributed by atoms with Crippen molar-refractivity contribution in [3.63, 3.8) is 0 Å². The largest absolute Gasteiger partial charge is 0.300 e. The van der Waals surface area contributed by atoms with E-state index in [9.17, 15) is 4.79 Å². The topological polar surface area (TPSA) is 20.3 Å². The molecule has 2 heterocycles. The van der Waals surface area contributed by atoms with Gasteiger partial charge in [0, 0.05) is 24.9 Å². The molecule has 0 spiro atoms. The molecule has 0 amide bonds. The Morgan fingerprint density at radius 1 is 1.25 bits per heavy atom. The zero-order valence-electron chi connectivity index (χ0n) is 9.65. The van der Waals surface area contributed by atoms with Crippen molar-refractivity contribution in [3.8, 4) is 0 Å². The Balaban J connectivity index is 2.07. The maximum absolute atomic E-state index is 11.8. The second kappa shape index (κ2) is 3.70. The van der Waals surface area contributed by atoms with Crippen LogP contribution in [-0.4, -0.2) is 23.8 Å². The molecule has 2 bridgehead atoms. The van der Waals surface area contributed by atoms with E-state index in [1.54, 1.807) is 0 Å². The van der Waals surface area contributed by atoms with E-state index in [4.69, 9.17) is 0 Å². The van der Waals surface area contributed by atoms with Crippen LogP contribution in [0.4, 0.5) is 0 Å². The highest BCUT2D eigenvalue weighted by Crippen LogP contribution is 2.37. The van der Waals surface area contributed by atoms with Crippen molar-refractivity contribution in [3.05, 3.63) is 35.4 Å². The summed E-state index contributed by atoms with van der Waals surface area (Å²) in [5.41, 5.74) is 2.82. The number of hydrogen-bond donors (Lipinski definition) is 0. The van der Waals surface area contributed by atoms with Gasteiger partial charge in [0.25, 0.3) is 0 Å². The van der Waals surface area contributed by atoms with E-state index in [2.05, 4.69) is 36.2 Å². The fourth-order valence-electron chi connectivity index (χ4n) is 3.15. The summed E-state index contributed by atoms with van der Waals surface area (Å²) in [6, 6.07) is 9.39. The molecule has 1 aromatic rings. The van der Waals surface area contributed by atoms with Crippen LogP contribution in [0.25, 0.3) is 0 Å². The number of aryl methyl sites for hydroxylation is 1. The third-order valence-corrected chi connectivity index (χ3v) is 4.11. The van der Waals surface area contributed by atoms with Crippen molar-refractivity contribution in [1.29, 1.82) is 0 Å². The van der Waals surface area contributed by atoms with Crippen LogP contribution in [0.2, 0.25) is 0 Å².